The van der Waals surface area contributed by atoms with Crippen LogP contribution >= 0.6 is 0 Å². The minimum atomic E-state index is -3.61. The summed E-state index contributed by atoms with van der Waals surface area (Å²) in [6.45, 7) is 1.76. The maximum Gasteiger partial charge on any atom is 0.309 e. The first-order chi connectivity index (χ1) is 8.83. The molecule has 0 bridgehead atoms. The number of ether oxygens (including phenoxy) is 1. The molecule has 1 N–H and O–H groups in total. The molecule has 1 fully saturated rings. The molecule has 127 valence electrons. The van der Waals surface area contributed by atoms with Gasteiger partial charge in [-0.3, -0.25) is 4.79 Å². The van der Waals surface area contributed by atoms with Crippen molar-refractivity contribution in [2.45, 2.75) is 66.6 Å². The van der Waals surface area contributed by atoms with Crippen LogP contribution in [0.1, 0.15) is 60.3 Å². The summed E-state index contributed by atoms with van der Waals surface area (Å²) in [7, 11) is -3.61. The van der Waals surface area contributed by atoms with Crippen molar-refractivity contribution in [2.24, 2.45) is 5.92 Å². The predicted octanol–water partition coefficient (Wildman–Crippen LogP) is 3.18. The van der Waals surface area contributed by atoms with E-state index >= 15 is 0 Å². The molecule has 2 atom stereocenters. The Labute approximate surface area is 129 Å². The molecule has 21 heavy (non-hydrogen) atoms. The summed E-state index contributed by atoms with van der Waals surface area (Å²) >= 11 is 0. The van der Waals surface area contributed by atoms with Gasteiger partial charge in [0.25, 0.3) is 10.1 Å². The number of carboxylic acids is 1. The summed E-state index contributed by atoms with van der Waals surface area (Å²) in [5, 5.41) is 9.15. The van der Waals surface area contributed by atoms with E-state index in [-0.39, 0.29) is 14.9 Å². The van der Waals surface area contributed by atoms with E-state index in [1.54, 1.807) is 6.92 Å². The van der Waals surface area contributed by atoms with Crippen LogP contribution in [0.4, 0.5) is 0 Å². The van der Waals surface area contributed by atoms with E-state index < -0.39 is 28.3 Å². The van der Waals surface area contributed by atoms with Crippen molar-refractivity contribution in [3.63, 3.8) is 0 Å². The molecule has 1 heterocycles. The molecular weight excluding hydrogens is 296 g/mol. The van der Waals surface area contributed by atoms with Crippen LogP contribution in [0, 0.1) is 12.0 Å². The molecule has 1 radical (unpaired) electrons. The second kappa shape index (κ2) is 10.1. The molecule has 1 aliphatic heterocycles. The van der Waals surface area contributed by atoms with Crippen molar-refractivity contribution in [2.75, 3.05) is 6.26 Å². The maximum atomic E-state index is 11.2. The van der Waals surface area contributed by atoms with Gasteiger partial charge < -0.3 is 9.84 Å². The van der Waals surface area contributed by atoms with Crippen LogP contribution in [-0.4, -0.2) is 32.0 Å². The molecule has 0 aromatic heterocycles. The van der Waals surface area contributed by atoms with Crippen LogP contribution in [0.5, 0.6) is 0 Å². The van der Waals surface area contributed by atoms with Crippen molar-refractivity contribution in [3.05, 3.63) is 6.10 Å². The van der Waals surface area contributed by atoms with Crippen molar-refractivity contribution in [1.29, 1.82) is 0 Å². The Hall–Kier alpha value is -0.660. The molecule has 7 heteroatoms. The van der Waals surface area contributed by atoms with E-state index in [0.29, 0.717) is 25.4 Å². The van der Waals surface area contributed by atoms with Gasteiger partial charge in [0.2, 0.25) is 0 Å². The summed E-state index contributed by atoms with van der Waals surface area (Å²) in [5.74, 6) is -1.65. The second-order valence-electron chi connectivity index (χ2n) is 4.71. The average molecular weight is 325 g/mol. The van der Waals surface area contributed by atoms with Crippen LogP contribution in [0.3, 0.4) is 0 Å². The maximum absolute atomic E-state index is 11.2. The lowest BCUT2D eigenvalue weighted by molar-refractivity contribution is -0.149. The molecule has 1 rings (SSSR count). The Morgan fingerprint density at radius 3 is 2.48 bits per heavy atom. The van der Waals surface area contributed by atoms with Crippen LogP contribution in [0.15, 0.2) is 0 Å². The Morgan fingerprint density at radius 1 is 1.38 bits per heavy atom. The highest BCUT2D eigenvalue weighted by Crippen LogP contribution is 2.31. The van der Waals surface area contributed by atoms with Gasteiger partial charge in [0.05, 0.1) is 12.2 Å². The smallest absolute Gasteiger partial charge is 0.309 e. The lowest BCUT2D eigenvalue weighted by Gasteiger charge is -2.28. The highest BCUT2D eigenvalue weighted by atomic mass is 32.2. The first-order valence-electron chi connectivity index (χ1n) is 6.47. The summed E-state index contributed by atoms with van der Waals surface area (Å²) in [6, 6.07) is 0. The first kappa shape index (κ1) is 22.6. The summed E-state index contributed by atoms with van der Waals surface area (Å²) in [5.41, 5.74) is 0. The Kier molecular flexibility index (Phi) is 10.9. The molecule has 1 saturated heterocycles. The van der Waals surface area contributed by atoms with Crippen molar-refractivity contribution in [1.82, 2.24) is 0 Å². The Balaban J connectivity index is 0. The minimum Gasteiger partial charge on any atom is -0.481 e. The SMILES string of the molecule is C.C.CCC([C]1CCCCCC(OS(C)(=O)=O)O1)C(=O)O. The van der Waals surface area contributed by atoms with Gasteiger partial charge >= 0.3 is 5.97 Å². The van der Waals surface area contributed by atoms with Gasteiger partial charge in [-0.05, 0) is 25.7 Å². The van der Waals surface area contributed by atoms with Gasteiger partial charge in [-0.1, -0.05) is 34.6 Å². The third-order valence-electron chi connectivity index (χ3n) is 3.02. The quantitative estimate of drug-likeness (QED) is 0.781. The summed E-state index contributed by atoms with van der Waals surface area (Å²) < 4.78 is 32.7. The van der Waals surface area contributed by atoms with Gasteiger partial charge in [-0.2, -0.15) is 8.42 Å². The van der Waals surface area contributed by atoms with E-state index in [9.17, 15) is 13.2 Å². The topological polar surface area (TPSA) is 89.9 Å². The van der Waals surface area contributed by atoms with Crippen LogP contribution in [0.25, 0.3) is 0 Å². The highest BCUT2D eigenvalue weighted by Gasteiger charge is 2.32. The van der Waals surface area contributed by atoms with Crippen LogP contribution in [0.2, 0.25) is 0 Å². The monoisotopic (exact) mass is 325 g/mol. The summed E-state index contributed by atoms with van der Waals surface area (Å²) in [4.78, 5) is 11.2. The first-order valence-corrected chi connectivity index (χ1v) is 8.28. The zero-order chi connectivity index (χ0) is 14.5. The van der Waals surface area contributed by atoms with E-state index in [1.807, 2.05) is 0 Å². The molecular formula is C14H29O6S. The van der Waals surface area contributed by atoms with Crippen LogP contribution in [-0.2, 0) is 23.8 Å². The lowest BCUT2D eigenvalue weighted by Crippen LogP contribution is -2.31. The number of carbonyl (C=O) groups is 1. The van der Waals surface area contributed by atoms with Gasteiger partial charge in [0.15, 0.2) is 6.29 Å². The number of hydrogen-bond donors (Lipinski definition) is 1. The number of hydrogen-bond acceptors (Lipinski definition) is 5. The molecule has 0 amide bonds. The second-order valence-corrected chi connectivity index (χ2v) is 6.31. The van der Waals surface area contributed by atoms with Gasteiger partial charge in [0.1, 0.15) is 6.10 Å². The molecule has 2 unspecified atom stereocenters. The van der Waals surface area contributed by atoms with E-state index in [0.717, 1.165) is 25.5 Å². The number of carboxylic acid groups (broad SMARTS) is 1. The van der Waals surface area contributed by atoms with E-state index in [4.69, 9.17) is 14.0 Å². The van der Waals surface area contributed by atoms with Crippen LogP contribution < -0.4 is 0 Å². The largest absolute Gasteiger partial charge is 0.481 e. The zero-order valence-corrected chi connectivity index (χ0v) is 12.1. The normalized spacial score (nSPS) is 22.1. The lowest BCUT2D eigenvalue weighted by atomic mass is 9.93. The molecule has 0 spiro atoms. The number of aliphatic carboxylic acids is 1. The van der Waals surface area contributed by atoms with Gasteiger partial charge in [-0.25, -0.2) is 4.18 Å². The van der Waals surface area contributed by atoms with E-state index in [2.05, 4.69) is 0 Å². The number of rotatable bonds is 5. The Morgan fingerprint density at radius 2 is 2.00 bits per heavy atom. The molecule has 0 aromatic carbocycles. The molecule has 0 saturated carbocycles. The third kappa shape index (κ3) is 8.38. The van der Waals surface area contributed by atoms with Gasteiger partial charge in [-0.15, -0.1) is 0 Å². The van der Waals surface area contributed by atoms with E-state index in [1.165, 1.54) is 0 Å². The summed E-state index contributed by atoms with van der Waals surface area (Å²) in [6.07, 6.45) is 4.44. The average Bonchev–Trinajstić information content (AvgIpc) is 2.22. The predicted molar refractivity (Wildman–Crippen MR) is 82.0 cm³/mol. The third-order valence-corrected chi connectivity index (χ3v) is 3.59. The zero-order valence-electron chi connectivity index (χ0n) is 11.3. The van der Waals surface area contributed by atoms with Gasteiger partial charge in [0, 0.05) is 0 Å². The Bertz CT molecular complexity index is 392. The fourth-order valence-electron chi connectivity index (χ4n) is 2.13. The fraction of sp³-hybridized carbons (Fsp3) is 0.857. The molecule has 1 aliphatic rings. The molecule has 6 nitrogen and oxygen atoms in total. The molecule has 0 aliphatic carbocycles. The standard InChI is InChI=1S/C12H21O6S.2CH4/c1-3-9(12(13)14)10-7-5-4-6-8-11(17-10)18-19(2,15)16;;/h9,11H,3-8H2,1-2H3,(H,13,14);2*1H4. The van der Waals surface area contributed by atoms with Crippen molar-refractivity contribution in [3.8, 4) is 0 Å². The fourth-order valence-corrected chi connectivity index (χ4v) is 2.66. The minimum absolute atomic E-state index is 0. The van der Waals surface area contributed by atoms with Crippen molar-refractivity contribution < 1.29 is 27.2 Å². The highest BCUT2D eigenvalue weighted by molar-refractivity contribution is 7.86. The van der Waals surface area contributed by atoms with Crippen molar-refractivity contribution >= 4 is 16.1 Å². The molecule has 0 aromatic rings.